The van der Waals surface area contributed by atoms with Crippen molar-refractivity contribution in [3.63, 3.8) is 0 Å². The van der Waals surface area contributed by atoms with E-state index in [1.807, 2.05) is 0 Å². The topological polar surface area (TPSA) is 44.5 Å². The fourth-order valence-corrected chi connectivity index (χ4v) is 0.715. The highest BCUT2D eigenvalue weighted by molar-refractivity contribution is 5.21. The molecule has 2 N–H and O–H groups in total. The van der Waals surface area contributed by atoms with E-state index in [0.717, 1.165) is 6.26 Å². The minimum absolute atomic E-state index is 0.0754. The molecule has 1 heterocycles. The summed E-state index contributed by atoms with van der Waals surface area (Å²) >= 11 is 0. The molecule has 1 unspecified atom stereocenters. The zero-order chi connectivity index (χ0) is 10.8. The van der Waals surface area contributed by atoms with E-state index in [2.05, 4.69) is 16.1 Å². The molecule has 1 atom stereocenters. The second-order valence-corrected chi connectivity index (χ2v) is 3.11. The van der Waals surface area contributed by atoms with Gasteiger partial charge in [0.05, 0.1) is 0 Å². The van der Waals surface area contributed by atoms with Crippen molar-refractivity contribution in [2.45, 2.75) is 18.8 Å². The Labute approximate surface area is 80.5 Å². The highest BCUT2D eigenvalue weighted by atomic mass is 19.3. The summed E-state index contributed by atoms with van der Waals surface area (Å²) in [5.41, 5.74) is 4.88. The maximum Gasteiger partial charge on any atom is 0.585 e. The molecule has 0 aliphatic carbocycles. The second kappa shape index (κ2) is 3.42. The van der Waals surface area contributed by atoms with Crippen molar-refractivity contribution in [3.05, 3.63) is 36.8 Å². The number of allylic oxidation sites excluding steroid dienone is 1. The lowest BCUT2D eigenvalue weighted by Gasteiger charge is -2.13. The molecule has 14 heavy (non-hydrogen) atoms. The van der Waals surface area contributed by atoms with Crippen LogP contribution in [0.2, 0.25) is 0 Å². The van der Waals surface area contributed by atoms with Crippen LogP contribution < -0.4 is 5.73 Å². The Morgan fingerprint density at radius 2 is 2.29 bits per heavy atom. The van der Waals surface area contributed by atoms with Gasteiger partial charge >= 0.3 is 6.29 Å². The number of rotatable bonds is 3. The summed E-state index contributed by atoms with van der Waals surface area (Å²) in [6.07, 6.45) is 1.53. The number of hydrogen-bond donors (Lipinski definition) is 1. The molecule has 0 aromatic rings. The Morgan fingerprint density at radius 1 is 1.64 bits per heavy atom. The quantitative estimate of drug-likeness (QED) is 0.712. The summed E-state index contributed by atoms with van der Waals surface area (Å²) < 4.78 is 32.7. The van der Waals surface area contributed by atoms with Crippen LogP contribution >= 0.6 is 0 Å². The number of ether oxygens (including phenoxy) is 2. The van der Waals surface area contributed by atoms with E-state index in [-0.39, 0.29) is 5.76 Å². The lowest BCUT2D eigenvalue weighted by Crippen LogP contribution is -2.30. The summed E-state index contributed by atoms with van der Waals surface area (Å²) in [7, 11) is 0. The molecule has 0 aromatic heterocycles. The average Bonchev–Trinajstić information content (AvgIpc) is 2.43. The van der Waals surface area contributed by atoms with Crippen LogP contribution in [0.25, 0.3) is 0 Å². The van der Waals surface area contributed by atoms with E-state index >= 15 is 0 Å². The third kappa shape index (κ3) is 2.85. The van der Waals surface area contributed by atoms with Gasteiger partial charge in [0, 0.05) is 5.54 Å². The third-order valence-electron chi connectivity index (χ3n) is 1.60. The van der Waals surface area contributed by atoms with Gasteiger partial charge in [0.2, 0.25) is 0 Å². The first-order valence-electron chi connectivity index (χ1n) is 3.91. The van der Waals surface area contributed by atoms with Gasteiger partial charge in [-0.15, -0.1) is 15.4 Å². The summed E-state index contributed by atoms with van der Waals surface area (Å²) in [4.78, 5) is 0. The van der Waals surface area contributed by atoms with E-state index in [1.165, 1.54) is 18.2 Å². The van der Waals surface area contributed by atoms with E-state index in [9.17, 15) is 8.78 Å². The van der Waals surface area contributed by atoms with Crippen LogP contribution in [-0.2, 0) is 9.47 Å². The third-order valence-corrected chi connectivity index (χ3v) is 1.60. The van der Waals surface area contributed by atoms with Gasteiger partial charge in [-0.05, 0) is 13.0 Å². The Balaban J connectivity index is 2.60. The molecule has 0 amide bonds. The van der Waals surface area contributed by atoms with Crippen molar-refractivity contribution in [3.8, 4) is 0 Å². The van der Waals surface area contributed by atoms with Crippen LogP contribution in [-0.4, -0.2) is 11.8 Å². The van der Waals surface area contributed by atoms with Gasteiger partial charge in [-0.2, -0.15) is 0 Å². The second-order valence-electron chi connectivity index (χ2n) is 3.11. The predicted octanol–water partition coefficient (Wildman–Crippen LogP) is 1.88. The zero-order valence-corrected chi connectivity index (χ0v) is 7.67. The molecular formula is C9H11F2NO2. The smallest absolute Gasteiger partial charge is 0.403 e. The number of halogens is 2. The van der Waals surface area contributed by atoms with Crippen LogP contribution in [0, 0.1) is 0 Å². The Kier molecular flexibility index (Phi) is 2.62. The maximum atomic E-state index is 12.3. The number of nitrogens with two attached hydrogens (primary N) is 1. The lowest BCUT2D eigenvalue weighted by atomic mass is 10.0. The van der Waals surface area contributed by atoms with Crippen LogP contribution in [0.4, 0.5) is 8.78 Å². The molecule has 1 rings (SSSR count). The summed E-state index contributed by atoms with van der Waals surface area (Å²) in [6, 6.07) is 0. The minimum Gasteiger partial charge on any atom is -0.403 e. The van der Waals surface area contributed by atoms with Gasteiger partial charge in [-0.3, -0.25) is 0 Å². The van der Waals surface area contributed by atoms with Crippen molar-refractivity contribution >= 4 is 0 Å². The molecule has 0 radical (unpaired) electrons. The van der Waals surface area contributed by atoms with Crippen molar-refractivity contribution < 1.29 is 18.3 Å². The summed E-state index contributed by atoms with van der Waals surface area (Å²) in [6.45, 7) is 5.16. The first-order chi connectivity index (χ1) is 6.35. The largest absolute Gasteiger partial charge is 0.585 e. The van der Waals surface area contributed by atoms with E-state index in [1.54, 1.807) is 6.92 Å². The first kappa shape index (κ1) is 10.7. The molecule has 0 aromatic carbocycles. The van der Waals surface area contributed by atoms with Crippen LogP contribution in [0.15, 0.2) is 36.8 Å². The van der Waals surface area contributed by atoms with Gasteiger partial charge in [-0.25, -0.2) is 0 Å². The fraction of sp³-hybridized carbons (Fsp3) is 0.333. The molecule has 1 aliphatic heterocycles. The Morgan fingerprint density at radius 3 is 2.71 bits per heavy atom. The Hall–Kier alpha value is -1.36. The van der Waals surface area contributed by atoms with Crippen LogP contribution in [0.1, 0.15) is 6.92 Å². The SMILES string of the molecule is C=CC(C)(N)/C=C\C1=COC(F)(F)O1. The molecule has 0 spiro atoms. The van der Waals surface area contributed by atoms with Gasteiger partial charge in [0.1, 0.15) is 6.26 Å². The van der Waals surface area contributed by atoms with E-state index in [0.29, 0.717) is 0 Å². The van der Waals surface area contributed by atoms with Crippen LogP contribution in [0.5, 0.6) is 0 Å². The molecule has 1 aliphatic rings. The molecule has 0 saturated carbocycles. The van der Waals surface area contributed by atoms with Crippen molar-refractivity contribution in [2.24, 2.45) is 5.73 Å². The highest BCUT2D eigenvalue weighted by Crippen LogP contribution is 2.28. The van der Waals surface area contributed by atoms with Crippen molar-refractivity contribution in [1.82, 2.24) is 0 Å². The average molecular weight is 203 g/mol. The predicted molar refractivity (Wildman–Crippen MR) is 47.1 cm³/mol. The molecule has 3 nitrogen and oxygen atoms in total. The standard InChI is InChI=1S/C9H11F2NO2/c1-3-8(2,12)5-4-7-6-13-9(10,11)14-7/h3-6H,1,12H2,2H3/b5-4-. The molecule has 0 saturated heterocycles. The summed E-state index contributed by atoms with van der Waals surface area (Å²) in [5.74, 6) is -0.0754. The van der Waals surface area contributed by atoms with Crippen molar-refractivity contribution in [2.75, 3.05) is 0 Å². The molecule has 78 valence electrons. The highest BCUT2D eigenvalue weighted by Gasteiger charge is 2.39. The van der Waals surface area contributed by atoms with Gasteiger partial charge in [0.25, 0.3) is 0 Å². The maximum absolute atomic E-state index is 12.3. The molecule has 0 fully saturated rings. The molecule has 0 bridgehead atoms. The van der Waals surface area contributed by atoms with Gasteiger partial charge < -0.3 is 15.2 Å². The fourth-order valence-electron chi connectivity index (χ4n) is 0.715. The first-order valence-corrected chi connectivity index (χ1v) is 3.91. The normalized spacial score (nSPS) is 23.6. The zero-order valence-electron chi connectivity index (χ0n) is 7.67. The van der Waals surface area contributed by atoms with Gasteiger partial charge in [0.15, 0.2) is 5.76 Å². The van der Waals surface area contributed by atoms with Crippen molar-refractivity contribution in [1.29, 1.82) is 0 Å². The van der Waals surface area contributed by atoms with E-state index in [4.69, 9.17) is 5.73 Å². The number of alkyl halides is 2. The minimum atomic E-state index is -3.57. The lowest BCUT2D eigenvalue weighted by molar-refractivity contribution is -0.332. The molecular weight excluding hydrogens is 192 g/mol. The van der Waals surface area contributed by atoms with E-state index < -0.39 is 11.8 Å². The molecule has 5 heteroatoms. The Bertz CT molecular complexity index is 295. The summed E-state index contributed by atoms with van der Waals surface area (Å²) in [5, 5.41) is 0. The van der Waals surface area contributed by atoms with Crippen LogP contribution in [0.3, 0.4) is 0 Å². The van der Waals surface area contributed by atoms with Gasteiger partial charge in [-0.1, -0.05) is 12.2 Å². The number of hydrogen-bond acceptors (Lipinski definition) is 3. The monoisotopic (exact) mass is 203 g/mol.